The highest BCUT2D eigenvalue weighted by molar-refractivity contribution is 6.31. The Kier molecular flexibility index (Phi) is 6.03. The maximum absolute atomic E-state index is 6.50. The summed E-state index contributed by atoms with van der Waals surface area (Å²) in [5.41, 5.74) is 0.714. The van der Waals surface area contributed by atoms with Gasteiger partial charge in [0, 0.05) is 25.3 Å². The molecule has 4 aromatic rings. The summed E-state index contributed by atoms with van der Waals surface area (Å²) < 4.78 is 27.2. The van der Waals surface area contributed by atoms with E-state index in [0.29, 0.717) is 23.1 Å². The zero-order valence-electron chi connectivity index (χ0n) is 21.0. The molecule has 0 spiro atoms. The summed E-state index contributed by atoms with van der Waals surface area (Å²) in [4.78, 5) is 15.2. The van der Waals surface area contributed by atoms with Gasteiger partial charge in [-0.15, -0.1) is 0 Å². The standard InChI is InChI=1S/C27H28ClN5O4/c1-27(2)36-22-21(13-34-19-8-6-16-5-7-18(28)11-17(16)12-19)35-26(23(22)37-27)33-10-9-20-24(31-15-32(3)4)29-14-30-25(20)33/h5-12,14-15,21-23,26H,13H2,1-4H3/b31-15+/t21-,22-,23-,26-/m1/s1. The Labute approximate surface area is 219 Å². The lowest BCUT2D eigenvalue weighted by molar-refractivity contribution is -0.198. The smallest absolute Gasteiger partial charge is 0.166 e. The minimum absolute atomic E-state index is 0.301. The number of rotatable bonds is 6. The van der Waals surface area contributed by atoms with E-state index in [1.54, 1.807) is 6.34 Å². The first-order valence-electron chi connectivity index (χ1n) is 12.1. The van der Waals surface area contributed by atoms with Crippen molar-refractivity contribution in [2.24, 2.45) is 4.99 Å². The summed E-state index contributed by atoms with van der Waals surface area (Å²) in [7, 11) is 3.82. The van der Waals surface area contributed by atoms with Crippen molar-refractivity contribution in [3.8, 4) is 5.75 Å². The topological polar surface area (TPSA) is 83.2 Å². The van der Waals surface area contributed by atoms with E-state index < -0.39 is 12.0 Å². The van der Waals surface area contributed by atoms with Gasteiger partial charge < -0.3 is 28.4 Å². The Morgan fingerprint density at radius 2 is 1.89 bits per heavy atom. The Morgan fingerprint density at radius 3 is 2.73 bits per heavy atom. The molecule has 4 atom stereocenters. The number of aliphatic imine (C=N–C) groups is 1. The largest absolute Gasteiger partial charge is 0.491 e. The Balaban J connectivity index is 1.27. The van der Waals surface area contributed by atoms with E-state index in [4.69, 9.17) is 30.5 Å². The van der Waals surface area contributed by atoms with E-state index in [-0.39, 0.29) is 18.3 Å². The van der Waals surface area contributed by atoms with Crippen molar-refractivity contribution in [3.05, 3.63) is 60.0 Å². The molecule has 0 amide bonds. The number of halogens is 1. The predicted octanol–water partition coefficient (Wildman–Crippen LogP) is 4.96. The van der Waals surface area contributed by atoms with Gasteiger partial charge in [0.05, 0.1) is 11.7 Å². The molecule has 0 radical (unpaired) electrons. The van der Waals surface area contributed by atoms with E-state index in [2.05, 4.69) is 15.0 Å². The second kappa shape index (κ2) is 9.25. The highest BCUT2D eigenvalue weighted by Gasteiger charge is 2.56. The molecule has 2 aliphatic heterocycles. The van der Waals surface area contributed by atoms with Crippen LogP contribution in [0.15, 0.2) is 60.0 Å². The van der Waals surface area contributed by atoms with Crippen LogP contribution < -0.4 is 4.74 Å². The normalized spacial score (nSPS) is 24.8. The molecular formula is C27H28ClN5O4. The fourth-order valence-corrected chi connectivity index (χ4v) is 5.10. The first kappa shape index (κ1) is 24.1. The fourth-order valence-electron chi connectivity index (χ4n) is 4.92. The van der Waals surface area contributed by atoms with Crippen LogP contribution in [0.2, 0.25) is 5.02 Å². The molecule has 0 aliphatic carbocycles. The number of aromatic nitrogens is 3. The van der Waals surface area contributed by atoms with Gasteiger partial charge in [-0.25, -0.2) is 15.0 Å². The Hall–Kier alpha value is -3.24. The number of benzene rings is 2. The highest BCUT2D eigenvalue weighted by atomic mass is 35.5. The summed E-state index contributed by atoms with van der Waals surface area (Å²) >= 11 is 6.17. The molecular weight excluding hydrogens is 494 g/mol. The van der Waals surface area contributed by atoms with Crippen molar-refractivity contribution >= 4 is 45.6 Å². The van der Waals surface area contributed by atoms with Crippen molar-refractivity contribution in [2.75, 3.05) is 20.7 Å². The van der Waals surface area contributed by atoms with Crippen LogP contribution in [-0.4, -0.2) is 70.6 Å². The van der Waals surface area contributed by atoms with Crippen LogP contribution in [0.1, 0.15) is 20.1 Å². The SMILES string of the molecule is CN(C)/C=N/c1ncnc2c1ccn2[C@@H]1O[C@H](COc2ccc3ccc(Cl)cc3c2)[C@H]2OC(C)(C)O[C@H]21. The third kappa shape index (κ3) is 4.64. The maximum atomic E-state index is 6.50. The molecule has 2 aromatic carbocycles. The van der Waals surface area contributed by atoms with Crippen LogP contribution in [0.25, 0.3) is 21.8 Å². The van der Waals surface area contributed by atoms with Gasteiger partial charge in [0.15, 0.2) is 17.8 Å². The number of ether oxygens (including phenoxy) is 4. The molecule has 0 saturated carbocycles. The van der Waals surface area contributed by atoms with Crippen molar-refractivity contribution in [1.29, 1.82) is 0 Å². The molecule has 4 heterocycles. The summed E-state index contributed by atoms with van der Waals surface area (Å²) in [6.07, 6.45) is 3.72. The van der Waals surface area contributed by atoms with Gasteiger partial charge in [-0.05, 0) is 55.0 Å². The third-order valence-corrected chi connectivity index (χ3v) is 6.72. The molecule has 192 valence electrons. The monoisotopic (exact) mass is 521 g/mol. The van der Waals surface area contributed by atoms with Crippen LogP contribution in [-0.2, 0) is 14.2 Å². The number of nitrogens with zero attached hydrogens (tertiary/aromatic N) is 5. The van der Waals surface area contributed by atoms with Crippen LogP contribution >= 0.6 is 11.6 Å². The summed E-state index contributed by atoms with van der Waals surface area (Å²) in [6, 6.07) is 13.7. The van der Waals surface area contributed by atoms with Gasteiger partial charge in [-0.3, -0.25) is 0 Å². The fraction of sp³-hybridized carbons (Fsp3) is 0.370. The number of fused-ring (bicyclic) bond motifs is 3. The lowest BCUT2D eigenvalue weighted by Crippen LogP contribution is -2.33. The van der Waals surface area contributed by atoms with Gasteiger partial charge in [0.1, 0.15) is 42.6 Å². The molecule has 2 aromatic heterocycles. The van der Waals surface area contributed by atoms with Crippen molar-refractivity contribution in [3.63, 3.8) is 0 Å². The van der Waals surface area contributed by atoms with Gasteiger partial charge in [0.25, 0.3) is 0 Å². The van der Waals surface area contributed by atoms with Gasteiger partial charge >= 0.3 is 0 Å². The zero-order valence-corrected chi connectivity index (χ0v) is 21.8. The number of hydrogen-bond donors (Lipinski definition) is 0. The van der Waals surface area contributed by atoms with Gasteiger partial charge in [-0.1, -0.05) is 23.7 Å². The lowest BCUT2D eigenvalue weighted by atomic mass is 10.1. The quantitative estimate of drug-likeness (QED) is 0.262. The second-order valence-electron chi connectivity index (χ2n) is 9.96. The molecule has 0 N–H and O–H groups in total. The summed E-state index contributed by atoms with van der Waals surface area (Å²) in [5.74, 6) is 0.584. The van der Waals surface area contributed by atoms with E-state index in [0.717, 1.165) is 21.9 Å². The van der Waals surface area contributed by atoms with Gasteiger partial charge in [0.2, 0.25) is 0 Å². The Morgan fingerprint density at radius 1 is 1.08 bits per heavy atom. The minimum atomic E-state index is -0.742. The van der Waals surface area contributed by atoms with Crippen molar-refractivity contribution in [2.45, 2.75) is 44.2 Å². The van der Waals surface area contributed by atoms with Crippen LogP contribution in [0, 0.1) is 0 Å². The van der Waals surface area contributed by atoms with E-state index in [1.807, 2.05) is 86.1 Å². The molecule has 6 rings (SSSR count). The first-order valence-corrected chi connectivity index (χ1v) is 12.5. The van der Waals surface area contributed by atoms with Crippen molar-refractivity contribution in [1.82, 2.24) is 19.4 Å². The molecule has 0 unspecified atom stereocenters. The van der Waals surface area contributed by atoms with Crippen molar-refractivity contribution < 1.29 is 18.9 Å². The highest BCUT2D eigenvalue weighted by Crippen LogP contribution is 2.44. The molecule has 9 nitrogen and oxygen atoms in total. The zero-order chi connectivity index (χ0) is 25.7. The van der Waals surface area contributed by atoms with Crippen LogP contribution in [0.5, 0.6) is 5.75 Å². The average molecular weight is 522 g/mol. The lowest BCUT2D eigenvalue weighted by Gasteiger charge is -2.25. The molecule has 0 bridgehead atoms. The summed E-state index contributed by atoms with van der Waals surface area (Å²) in [5, 5.41) is 3.62. The number of hydrogen-bond acceptors (Lipinski definition) is 7. The van der Waals surface area contributed by atoms with Crippen LogP contribution in [0.4, 0.5) is 5.82 Å². The average Bonchev–Trinajstić information content (AvgIpc) is 3.52. The predicted molar refractivity (Wildman–Crippen MR) is 142 cm³/mol. The van der Waals surface area contributed by atoms with Gasteiger partial charge in [-0.2, -0.15) is 0 Å². The van der Waals surface area contributed by atoms with E-state index >= 15 is 0 Å². The molecule has 2 aliphatic rings. The van der Waals surface area contributed by atoms with Crippen LogP contribution in [0.3, 0.4) is 0 Å². The molecule has 10 heteroatoms. The minimum Gasteiger partial charge on any atom is -0.491 e. The maximum Gasteiger partial charge on any atom is 0.166 e. The Bertz CT molecular complexity index is 1490. The molecule has 2 fully saturated rings. The van der Waals surface area contributed by atoms with E-state index in [9.17, 15) is 0 Å². The first-order chi connectivity index (χ1) is 17.8. The summed E-state index contributed by atoms with van der Waals surface area (Å²) in [6.45, 7) is 4.13. The second-order valence-corrected chi connectivity index (χ2v) is 10.4. The molecule has 2 saturated heterocycles. The third-order valence-electron chi connectivity index (χ3n) is 6.49. The molecule has 37 heavy (non-hydrogen) atoms. The van der Waals surface area contributed by atoms with E-state index in [1.165, 1.54) is 6.33 Å².